The van der Waals surface area contributed by atoms with Gasteiger partial charge >= 0.3 is 0 Å². The van der Waals surface area contributed by atoms with Crippen LogP contribution < -0.4 is 15.8 Å². The minimum atomic E-state index is 0.754. The molecular weight excluding hydrogens is 296 g/mol. The molecule has 0 aromatic heterocycles. The number of nitrogens with one attached hydrogen (secondary N) is 1. The van der Waals surface area contributed by atoms with Gasteiger partial charge in [0, 0.05) is 29.2 Å². The molecule has 0 atom stereocenters. The van der Waals surface area contributed by atoms with Gasteiger partial charge in [0.15, 0.2) is 0 Å². The van der Waals surface area contributed by atoms with E-state index in [-0.39, 0.29) is 0 Å². The fourth-order valence-electron chi connectivity index (χ4n) is 2.98. The highest BCUT2D eigenvalue weighted by atomic mass is 16.5. The van der Waals surface area contributed by atoms with Crippen LogP contribution in [0.2, 0.25) is 0 Å². The summed E-state index contributed by atoms with van der Waals surface area (Å²) in [6.07, 6.45) is 0. The minimum absolute atomic E-state index is 0.754. The number of benzene rings is 4. The van der Waals surface area contributed by atoms with Crippen molar-refractivity contribution >= 4 is 32.9 Å². The van der Waals surface area contributed by atoms with Gasteiger partial charge in [-0.2, -0.15) is 0 Å². The van der Waals surface area contributed by atoms with Gasteiger partial charge in [0.05, 0.1) is 0 Å². The van der Waals surface area contributed by atoms with Gasteiger partial charge in [-0.1, -0.05) is 24.3 Å². The van der Waals surface area contributed by atoms with E-state index in [1.54, 1.807) is 0 Å². The van der Waals surface area contributed by atoms with Crippen LogP contribution in [0.1, 0.15) is 0 Å². The topological polar surface area (TPSA) is 47.3 Å². The number of hydrogen-bond donors (Lipinski definition) is 2. The molecule has 4 rings (SSSR count). The molecule has 0 aliphatic heterocycles. The summed E-state index contributed by atoms with van der Waals surface area (Å²) in [6.45, 7) is 0. The Morgan fingerprint density at radius 3 is 2.04 bits per heavy atom. The van der Waals surface area contributed by atoms with Crippen molar-refractivity contribution in [3.63, 3.8) is 0 Å². The predicted octanol–water partition coefficient (Wildman–Crippen LogP) is 5.41. The molecule has 0 radical (unpaired) electrons. The number of nitrogens with two attached hydrogens (primary N) is 1. The third-order valence-electron chi connectivity index (χ3n) is 4.21. The summed E-state index contributed by atoms with van der Waals surface area (Å²) >= 11 is 0. The lowest BCUT2D eigenvalue weighted by Crippen LogP contribution is -1.90. The summed E-state index contributed by atoms with van der Waals surface area (Å²) in [6, 6.07) is 24.2. The molecule has 0 spiro atoms. The summed E-state index contributed by atoms with van der Waals surface area (Å²) in [5, 5.41) is 7.52. The summed E-state index contributed by atoms with van der Waals surface area (Å²) in [4.78, 5) is 0. The van der Waals surface area contributed by atoms with Crippen molar-refractivity contribution in [1.29, 1.82) is 0 Å². The van der Waals surface area contributed by atoms with Gasteiger partial charge in [0.25, 0.3) is 0 Å². The van der Waals surface area contributed by atoms with Crippen molar-refractivity contribution in [3.8, 4) is 11.5 Å². The number of hydrogen-bond acceptors (Lipinski definition) is 3. The van der Waals surface area contributed by atoms with Crippen LogP contribution in [-0.2, 0) is 0 Å². The largest absolute Gasteiger partial charge is 0.456 e. The van der Waals surface area contributed by atoms with Crippen LogP contribution >= 0.6 is 0 Å². The normalized spacial score (nSPS) is 10.9. The Morgan fingerprint density at radius 1 is 0.750 bits per heavy atom. The second kappa shape index (κ2) is 5.78. The van der Waals surface area contributed by atoms with Crippen molar-refractivity contribution in [1.82, 2.24) is 0 Å². The molecule has 4 aromatic rings. The number of ether oxygens (including phenoxy) is 1. The minimum Gasteiger partial charge on any atom is -0.456 e. The van der Waals surface area contributed by atoms with Crippen molar-refractivity contribution < 1.29 is 4.74 Å². The molecule has 0 unspecified atom stereocenters. The van der Waals surface area contributed by atoms with Crippen LogP contribution in [0.4, 0.5) is 11.4 Å². The second-order valence-electron chi connectivity index (χ2n) is 5.78. The average molecular weight is 314 g/mol. The van der Waals surface area contributed by atoms with Crippen molar-refractivity contribution in [2.24, 2.45) is 0 Å². The average Bonchev–Trinajstić information content (AvgIpc) is 2.61. The Morgan fingerprint density at radius 2 is 1.38 bits per heavy atom. The molecule has 0 amide bonds. The quantitative estimate of drug-likeness (QED) is 0.497. The Balaban J connectivity index is 1.82. The fraction of sp³-hybridized carbons (Fsp3) is 0.0476. The molecule has 0 saturated carbocycles. The lowest BCUT2D eigenvalue weighted by molar-refractivity contribution is 0.494. The molecule has 3 heteroatoms. The predicted molar refractivity (Wildman–Crippen MR) is 102 cm³/mol. The maximum Gasteiger partial charge on any atom is 0.135 e. The van der Waals surface area contributed by atoms with Crippen molar-refractivity contribution in [2.75, 3.05) is 18.1 Å². The van der Waals surface area contributed by atoms with E-state index in [9.17, 15) is 0 Å². The highest BCUT2D eigenvalue weighted by Gasteiger charge is 2.07. The van der Waals surface area contributed by atoms with E-state index < -0.39 is 0 Å². The summed E-state index contributed by atoms with van der Waals surface area (Å²) in [5.41, 5.74) is 7.72. The zero-order valence-corrected chi connectivity index (χ0v) is 13.4. The fourth-order valence-corrected chi connectivity index (χ4v) is 2.98. The molecule has 0 saturated heterocycles. The van der Waals surface area contributed by atoms with E-state index in [0.29, 0.717) is 0 Å². The Hall–Kier alpha value is -3.20. The van der Waals surface area contributed by atoms with E-state index in [1.165, 1.54) is 0 Å². The first-order valence-corrected chi connectivity index (χ1v) is 7.91. The van der Waals surface area contributed by atoms with Crippen molar-refractivity contribution in [3.05, 3.63) is 72.8 Å². The van der Waals surface area contributed by atoms with E-state index in [2.05, 4.69) is 29.6 Å². The monoisotopic (exact) mass is 314 g/mol. The molecule has 4 aromatic carbocycles. The lowest BCUT2D eigenvalue weighted by Gasteiger charge is -2.12. The lowest BCUT2D eigenvalue weighted by atomic mass is 10.1. The highest BCUT2D eigenvalue weighted by molar-refractivity contribution is 5.93. The van der Waals surface area contributed by atoms with E-state index in [0.717, 1.165) is 44.4 Å². The first-order chi connectivity index (χ1) is 11.7. The first kappa shape index (κ1) is 14.4. The van der Waals surface area contributed by atoms with Crippen LogP contribution in [-0.4, -0.2) is 7.05 Å². The highest BCUT2D eigenvalue weighted by Crippen LogP contribution is 2.35. The smallest absolute Gasteiger partial charge is 0.135 e. The molecule has 3 N–H and O–H groups in total. The summed E-state index contributed by atoms with van der Waals surface area (Å²) < 4.78 is 6.26. The van der Waals surface area contributed by atoms with E-state index in [4.69, 9.17) is 10.5 Å². The molecule has 0 bridgehead atoms. The number of fused-ring (bicyclic) bond motifs is 2. The molecule has 118 valence electrons. The molecule has 24 heavy (non-hydrogen) atoms. The zero-order valence-electron chi connectivity index (χ0n) is 13.4. The maximum atomic E-state index is 6.26. The standard InChI is InChI=1S/C21H18N2O/c1-23-17-9-11-19-15(13-17)5-3-7-21(19)24-20-6-2-4-14-12-16(22)8-10-18(14)20/h2-13,23H,22H2,1H3. The molecule has 0 aliphatic carbocycles. The van der Waals surface area contributed by atoms with Gasteiger partial charge in [0.1, 0.15) is 11.5 Å². The molecular formula is C21H18N2O. The first-order valence-electron chi connectivity index (χ1n) is 7.91. The number of anilines is 2. The number of nitrogen functional groups attached to an aromatic ring is 1. The van der Waals surface area contributed by atoms with Crippen LogP contribution in [0.15, 0.2) is 72.8 Å². The second-order valence-corrected chi connectivity index (χ2v) is 5.78. The summed E-state index contributed by atoms with van der Waals surface area (Å²) in [7, 11) is 1.92. The van der Waals surface area contributed by atoms with Gasteiger partial charge in [-0.05, 0) is 59.3 Å². The van der Waals surface area contributed by atoms with Crippen molar-refractivity contribution in [2.45, 2.75) is 0 Å². The van der Waals surface area contributed by atoms with E-state index in [1.807, 2.05) is 55.6 Å². The van der Waals surface area contributed by atoms with Gasteiger partial charge < -0.3 is 15.8 Å². The third kappa shape index (κ3) is 2.50. The van der Waals surface area contributed by atoms with Crippen LogP contribution in [0.25, 0.3) is 21.5 Å². The Kier molecular flexibility index (Phi) is 3.47. The Labute approximate surface area is 140 Å². The van der Waals surface area contributed by atoms with Crippen LogP contribution in [0, 0.1) is 0 Å². The van der Waals surface area contributed by atoms with E-state index >= 15 is 0 Å². The van der Waals surface area contributed by atoms with Crippen LogP contribution in [0.3, 0.4) is 0 Å². The Bertz CT molecular complexity index is 1040. The maximum absolute atomic E-state index is 6.26. The SMILES string of the molecule is CNc1ccc2c(Oc3cccc4cc(N)ccc34)cccc2c1. The van der Waals surface area contributed by atoms with Crippen LogP contribution in [0.5, 0.6) is 11.5 Å². The zero-order chi connectivity index (χ0) is 16.5. The molecule has 0 aliphatic rings. The molecule has 3 nitrogen and oxygen atoms in total. The van der Waals surface area contributed by atoms with Gasteiger partial charge in [-0.25, -0.2) is 0 Å². The molecule has 0 heterocycles. The van der Waals surface area contributed by atoms with Gasteiger partial charge in [-0.3, -0.25) is 0 Å². The van der Waals surface area contributed by atoms with Gasteiger partial charge in [0.2, 0.25) is 0 Å². The number of rotatable bonds is 3. The third-order valence-corrected chi connectivity index (χ3v) is 4.21. The molecule has 0 fully saturated rings. The summed E-state index contributed by atoms with van der Waals surface area (Å²) in [5.74, 6) is 1.68. The van der Waals surface area contributed by atoms with Gasteiger partial charge in [-0.15, -0.1) is 0 Å².